The molecule has 1 atom stereocenters. The van der Waals surface area contributed by atoms with Gasteiger partial charge in [-0.15, -0.1) is 0 Å². The predicted octanol–water partition coefficient (Wildman–Crippen LogP) is 0.633. The van der Waals surface area contributed by atoms with Gasteiger partial charge in [0.2, 0.25) is 0 Å². The Kier molecular flexibility index (Phi) is 5.28. The molecule has 1 saturated heterocycles. The summed E-state index contributed by atoms with van der Waals surface area (Å²) in [6.07, 6.45) is -4.17. The Labute approximate surface area is 137 Å². The first-order valence-corrected chi connectivity index (χ1v) is 7.86. The molecule has 2 rings (SSSR count). The Balaban J connectivity index is 1.78. The maximum atomic E-state index is 12.7. The fourth-order valence-electron chi connectivity index (χ4n) is 3.14. The summed E-state index contributed by atoms with van der Waals surface area (Å²) in [6.45, 7) is 1.42. The Hall–Kier alpha value is -1.55. The molecular weight excluding hydrogens is 331 g/mol. The number of halogens is 3. The summed E-state index contributed by atoms with van der Waals surface area (Å²) in [4.78, 5) is 25.5. The maximum Gasteiger partial charge on any atom is 0.419 e. The highest BCUT2D eigenvalue weighted by Gasteiger charge is 2.58. The second-order valence-electron chi connectivity index (χ2n) is 6.43. The molecule has 1 saturated carbocycles. The van der Waals surface area contributed by atoms with E-state index < -0.39 is 36.7 Å². The van der Waals surface area contributed by atoms with Crippen molar-refractivity contribution in [2.75, 3.05) is 26.2 Å². The molecule has 2 fully saturated rings. The highest BCUT2D eigenvalue weighted by atomic mass is 19.4. The number of carboxylic acids is 1. The standard InChI is InChI=1S/C14H22F3N3O4/c1-2-19(7-11(21)22)10-5-9(6-10)18-12(23)20-4-3-13(24,8-20)14(15,16)17/h9-10,24H,2-8H2,1H3,(H,18,23)(H,21,22). The summed E-state index contributed by atoms with van der Waals surface area (Å²) >= 11 is 0. The van der Waals surface area contributed by atoms with Crippen molar-refractivity contribution in [1.82, 2.24) is 15.1 Å². The number of aliphatic carboxylic acids is 1. The van der Waals surface area contributed by atoms with Crippen LogP contribution in [0.1, 0.15) is 26.2 Å². The minimum atomic E-state index is -4.76. The Morgan fingerprint density at radius 1 is 1.38 bits per heavy atom. The lowest BCUT2D eigenvalue weighted by molar-refractivity contribution is -0.253. The second kappa shape index (κ2) is 6.75. The maximum absolute atomic E-state index is 12.7. The Morgan fingerprint density at radius 3 is 2.46 bits per heavy atom. The van der Waals surface area contributed by atoms with E-state index in [9.17, 15) is 27.9 Å². The van der Waals surface area contributed by atoms with E-state index in [0.717, 1.165) is 4.90 Å². The van der Waals surface area contributed by atoms with E-state index in [1.165, 1.54) is 0 Å². The predicted molar refractivity (Wildman–Crippen MR) is 77.4 cm³/mol. The number of carbonyl (C=O) groups excluding carboxylic acids is 1. The number of rotatable bonds is 5. The first-order chi connectivity index (χ1) is 11.1. The van der Waals surface area contributed by atoms with Gasteiger partial charge in [-0.05, 0) is 19.4 Å². The number of nitrogens with one attached hydrogen (secondary N) is 1. The van der Waals surface area contributed by atoms with Crippen LogP contribution in [0.3, 0.4) is 0 Å². The number of hydrogen-bond donors (Lipinski definition) is 3. The summed E-state index contributed by atoms with van der Waals surface area (Å²) in [7, 11) is 0. The van der Waals surface area contributed by atoms with Crippen molar-refractivity contribution < 1.29 is 33.0 Å². The third kappa shape index (κ3) is 3.92. The second-order valence-corrected chi connectivity index (χ2v) is 6.43. The molecule has 24 heavy (non-hydrogen) atoms. The van der Waals surface area contributed by atoms with Gasteiger partial charge in [-0.3, -0.25) is 9.69 Å². The first-order valence-electron chi connectivity index (χ1n) is 7.86. The monoisotopic (exact) mass is 353 g/mol. The molecule has 0 aromatic heterocycles. The first kappa shape index (κ1) is 18.8. The van der Waals surface area contributed by atoms with Crippen LogP contribution in [0.2, 0.25) is 0 Å². The SMILES string of the molecule is CCN(CC(=O)O)C1CC(NC(=O)N2CCC(O)(C(F)(F)F)C2)C1. The van der Waals surface area contributed by atoms with Crippen LogP contribution in [0.4, 0.5) is 18.0 Å². The normalized spacial score (nSPS) is 30.3. The molecule has 0 radical (unpaired) electrons. The van der Waals surface area contributed by atoms with E-state index in [1.807, 2.05) is 6.92 Å². The van der Waals surface area contributed by atoms with Gasteiger partial charge in [-0.2, -0.15) is 13.2 Å². The smallest absolute Gasteiger partial charge is 0.419 e. The number of carbonyl (C=O) groups is 2. The number of urea groups is 1. The molecule has 138 valence electrons. The number of aliphatic hydroxyl groups is 1. The van der Waals surface area contributed by atoms with E-state index in [4.69, 9.17) is 5.11 Å². The number of carboxylic acid groups (broad SMARTS) is 1. The zero-order chi connectivity index (χ0) is 18.1. The Bertz CT molecular complexity index is 496. The van der Waals surface area contributed by atoms with Crippen molar-refractivity contribution in [3.05, 3.63) is 0 Å². The van der Waals surface area contributed by atoms with Crippen LogP contribution in [0.5, 0.6) is 0 Å². The van der Waals surface area contributed by atoms with E-state index in [0.29, 0.717) is 19.4 Å². The van der Waals surface area contributed by atoms with Gasteiger partial charge in [0.1, 0.15) is 0 Å². The van der Waals surface area contributed by atoms with Crippen LogP contribution in [0.15, 0.2) is 0 Å². The molecule has 2 amide bonds. The van der Waals surface area contributed by atoms with Crippen molar-refractivity contribution in [3.8, 4) is 0 Å². The Morgan fingerprint density at radius 2 is 2.00 bits per heavy atom. The van der Waals surface area contributed by atoms with E-state index in [-0.39, 0.29) is 25.2 Å². The average molecular weight is 353 g/mol. The molecule has 0 aromatic carbocycles. The van der Waals surface area contributed by atoms with Crippen LogP contribution in [0.25, 0.3) is 0 Å². The van der Waals surface area contributed by atoms with E-state index in [2.05, 4.69) is 5.32 Å². The number of likely N-dealkylation sites (tertiary alicyclic amines) is 1. The molecule has 3 N–H and O–H groups in total. The van der Waals surface area contributed by atoms with Gasteiger partial charge in [0.15, 0.2) is 5.60 Å². The number of likely N-dealkylation sites (N-methyl/N-ethyl adjacent to an activating group) is 1. The number of nitrogens with zero attached hydrogens (tertiary/aromatic N) is 2. The summed E-state index contributed by atoms with van der Waals surface area (Å²) in [5.41, 5.74) is -2.84. The molecule has 1 aliphatic heterocycles. The van der Waals surface area contributed by atoms with Gasteiger partial charge in [-0.1, -0.05) is 6.92 Å². The molecule has 0 bridgehead atoms. The number of alkyl halides is 3. The molecule has 1 unspecified atom stereocenters. The van der Waals surface area contributed by atoms with Crippen LogP contribution in [-0.4, -0.2) is 82.1 Å². The fourth-order valence-corrected chi connectivity index (χ4v) is 3.14. The van der Waals surface area contributed by atoms with Gasteiger partial charge in [0.25, 0.3) is 0 Å². The zero-order valence-electron chi connectivity index (χ0n) is 13.3. The summed E-state index contributed by atoms with van der Waals surface area (Å²) in [6, 6.07) is -0.771. The lowest BCUT2D eigenvalue weighted by Crippen LogP contribution is -2.57. The summed E-state index contributed by atoms with van der Waals surface area (Å²) < 4.78 is 38.2. The van der Waals surface area contributed by atoms with Crippen LogP contribution >= 0.6 is 0 Å². The number of amides is 2. The third-order valence-corrected chi connectivity index (χ3v) is 4.76. The summed E-state index contributed by atoms with van der Waals surface area (Å²) in [5, 5.41) is 21.0. The average Bonchev–Trinajstić information content (AvgIpc) is 2.83. The van der Waals surface area contributed by atoms with Gasteiger partial charge in [0.05, 0.1) is 13.1 Å². The van der Waals surface area contributed by atoms with Crippen molar-refractivity contribution in [2.24, 2.45) is 0 Å². The zero-order valence-corrected chi connectivity index (χ0v) is 13.3. The molecule has 1 heterocycles. The molecule has 2 aliphatic rings. The summed E-state index contributed by atoms with van der Waals surface area (Å²) in [5.74, 6) is -0.923. The van der Waals surface area contributed by atoms with Crippen molar-refractivity contribution >= 4 is 12.0 Å². The minimum absolute atomic E-state index is 0.0436. The highest BCUT2D eigenvalue weighted by Crippen LogP contribution is 2.37. The van der Waals surface area contributed by atoms with Crippen LogP contribution in [0, 0.1) is 0 Å². The molecule has 7 nitrogen and oxygen atoms in total. The van der Waals surface area contributed by atoms with E-state index >= 15 is 0 Å². The van der Waals surface area contributed by atoms with Gasteiger partial charge in [-0.25, -0.2) is 4.79 Å². The quantitative estimate of drug-likeness (QED) is 0.674. The van der Waals surface area contributed by atoms with Crippen molar-refractivity contribution in [1.29, 1.82) is 0 Å². The minimum Gasteiger partial charge on any atom is -0.480 e. The van der Waals surface area contributed by atoms with Gasteiger partial charge < -0.3 is 20.4 Å². The van der Waals surface area contributed by atoms with Crippen LogP contribution in [-0.2, 0) is 4.79 Å². The van der Waals surface area contributed by atoms with Gasteiger partial charge >= 0.3 is 18.2 Å². The molecular formula is C14H22F3N3O4. The van der Waals surface area contributed by atoms with Crippen LogP contribution < -0.4 is 5.32 Å². The molecule has 1 aliphatic carbocycles. The molecule has 0 spiro atoms. The topological polar surface area (TPSA) is 93.1 Å². The third-order valence-electron chi connectivity index (χ3n) is 4.76. The number of β-amino-alcohol motifs (C(OH)–C–C–N with tert-alkyl or cyclic N) is 1. The largest absolute Gasteiger partial charge is 0.480 e. The van der Waals surface area contributed by atoms with E-state index in [1.54, 1.807) is 4.90 Å². The highest BCUT2D eigenvalue weighted by molar-refractivity contribution is 5.75. The fraction of sp³-hybridized carbons (Fsp3) is 0.857. The lowest BCUT2D eigenvalue weighted by atomic mass is 9.85. The molecule has 0 aromatic rings. The van der Waals surface area contributed by atoms with Crippen molar-refractivity contribution in [3.63, 3.8) is 0 Å². The van der Waals surface area contributed by atoms with Crippen molar-refractivity contribution in [2.45, 2.75) is 50.0 Å². The number of hydrogen-bond acceptors (Lipinski definition) is 4. The van der Waals surface area contributed by atoms with Gasteiger partial charge in [0, 0.05) is 25.0 Å². The lowest BCUT2D eigenvalue weighted by Gasteiger charge is -2.42. The molecule has 10 heteroatoms.